The molecule has 0 radical (unpaired) electrons. The van der Waals surface area contributed by atoms with Gasteiger partial charge in [-0.1, -0.05) is 6.92 Å². The van der Waals surface area contributed by atoms with Gasteiger partial charge in [-0.25, -0.2) is 14.4 Å². The van der Waals surface area contributed by atoms with Crippen molar-refractivity contribution in [1.82, 2.24) is 25.6 Å². The van der Waals surface area contributed by atoms with Gasteiger partial charge in [-0.2, -0.15) is 13.2 Å². The fraction of sp³-hybridized carbons (Fsp3) is 0.500. The first-order valence-electron chi connectivity index (χ1n) is 13.5. The Hall–Kier alpha value is -3.70. The van der Waals surface area contributed by atoms with E-state index in [1.54, 1.807) is 13.8 Å². The van der Waals surface area contributed by atoms with Crippen LogP contribution >= 0.6 is 0 Å². The van der Waals surface area contributed by atoms with Crippen LogP contribution in [0, 0.1) is 12.8 Å². The Morgan fingerprint density at radius 2 is 1.90 bits per heavy atom. The lowest BCUT2D eigenvalue weighted by Crippen LogP contribution is -2.49. The maximum absolute atomic E-state index is 14.7. The predicted octanol–water partition coefficient (Wildman–Crippen LogP) is 5.26. The second-order valence-electron chi connectivity index (χ2n) is 10.6. The fourth-order valence-corrected chi connectivity index (χ4v) is 5.09. The zero-order chi connectivity index (χ0) is 28.6. The molecule has 2 heterocycles. The molecule has 3 aromatic rings. The highest BCUT2D eigenvalue weighted by Gasteiger charge is 2.34. The molecule has 2 saturated carbocycles. The largest absolute Gasteiger partial charge is 0.493 e. The Bertz CT molecular complexity index is 1420. The number of H-pyrrole nitrogens is 1. The van der Waals surface area contributed by atoms with Crippen LogP contribution in [0.4, 0.5) is 17.6 Å². The van der Waals surface area contributed by atoms with Crippen molar-refractivity contribution in [3.63, 3.8) is 0 Å². The van der Waals surface area contributed by atoms with Gasteiger partial charge in [0.15, 0.2) is 0 Å². The zero-order valence-electron chi connectivity index (χ0n) is 22.2. The van der Waals surface area contributed by atoms with E-state index in [0.29, 0.717) is 36.6 Å². The summed E-state index contributed by atoms with van der Waals surface area (Å²) in [6.45, 7) is 3.75. The predicted molar refractivity (Wildman–Crippen MR) is 140 cm³/mol. The van der Waals surface area contributed by atoms with Gasteiger partial charge in [0.2, 0.25) is 5.91 Å². The van der Waals surface area contributed by atoms with Gasteiger partial charge in [0.05, 0.1) is 29.3 Å². The Balaban J connectivity index is 1.43. The highest BCUT2D eigenvalue weighted by atomic mass is 19.4. The molecule has 3 N–H and O–H groups in total. The lowest BCUT2D eigenvalue weighted by molar-refractivity contribution is -0.137. The molecule has 1 aromatic carbocycles. The van der Waals surface area contributed by atoms with Gasteiger partial charge in [0.25, 0.3) is 5.91 Å². The average Bonchev–Trinajstić information content (AvgIpc) is 3.67. The van der Waals surface area contributed by atoms with Crippen LogP contribution in [0.25, 0.3) is 22.3 Å². The van der Waals surface area contributed by atoms with Crippen LogP contribution in [0.3, 0.4) is 0 Å². The molecule has 0 bridgehead atoms. The summed E-state index contributed by atoms with van der Waals surface area (Å²) >= 11 is 0. The molecule has 0 saturated heterocycles. The van der Waals surface area contributed by atoms with Gasteiger partial charge in [0, 0.05) is 30.1 Å². The highest BCUT2D eigenvalue weighted by molar-refractivity contribution is 6.09. The van der Waals surface area contributed by atoms with E-state index in [9.17, 15) is 27.2 Å². The van der Waals surface area contributed by atoms with Gasteiger partial charge in [0.1, 0.15) is 29.5 Å². The van der Waals surface area contributed by atoms with Crippen molar-refractivity contribution < 1.29 is 31.9 Å². The summed E-state index contributed by atoms with van der Waals surface area (Å²) in [7, 11) is 0. The van der Waals surface area contributed by atoms with Crippen LogP contribution in [0.2, 0.25) is 0 Å². The second-order valence-corrected chi connectivity index (χ2v) is 10.6. The van der Waals surface area contributed by atoms with E-state index >= 15 is 0 Å². The molecule has 0 spiro atoms. The van der Waals surface area contributed by atoms with E-state index in [1.165, 1.54) is 12.4 Å². The molecule has 12 heteroatoms. The number of benzene rings is 1. The van der Waals surface area contributed by atoms with Crippen molar-refractivity contribution in [2.75, 3.05) is 6.61 Å². The lowest BCUT2D eigenvalue weighted by atomic mass is 9.89. The number of aromatic nitrogens is 3. The van der Waals surface area contributed by atoms with E-state index in [-0.39, 0.29) is 46.8 Å². The quantitative estimate of drug-likeness (QED) is 0.325. The maximum Gasteiger partial charge on any atom is 0.416 e. The first kappa shape index (κ1) is 27.9. The molecule has 3 unspecified atom stereocenters. The number of nitrogens with one attached hydrogen (secondary N) is 3. The number of aryl methyl sites for hydroxylation is 1. The van der Waals surface area contributed by atoms with E-state index in [4.69, 9.17) is 4.74 Å². The van der Waals surface area contributed by atoms with Crippen molar-refractivity contribution in [3.8, 4) is 17.0 Å². The minimum atomic E-state index is -4.57. The van der Waals surface area contributed by atoms with Crippen LogP contribution in [0.5, 0.6) is 5.75 Å². The summed E-state index contributed by atoms with van der Waals surface area (Å²) in [5, 5.41) is 5.55. The summed E-state index contributed by atoms with van der Waals surface area (Å²) in [5.74, 6) is -0.0534. The van der Waals surface area contributed by atoms with Gasteiger partial charge in [-0.3, -0.25) is 9.59 Å². The minimum Gasteiger partial charge on any atom is -0.493 e. The number of aromatic amines is 1. The van der Waals surface area contributed by atoms with Gasteiger partial charge < -0.3 is 20.4 Å². The first-order valence-corrected chi connectivity index (χ1v) is 13.5. The molecule has 8 nitrogen and oxygen atoms in total. The molecule has 40 heavy (non-hydrogen) atoms. The Morgan fingerprint density at radius 3 is 2.58 bits per heavy atom. The average molecular weight is 562 g/mol. The number of rotatable bonds is 8. The summed E-state index contributed by atoms with van der Waals surface area (Å²) in [6, 6.07) is 2.23. The number of ether oxygens (including phenoxy) is 1. The van der Waals surface area contributed by atoms with E-state index < -0.39 is 35.9 Å². The molecule has 2 amide bonds. The highest BCUT2D eigenvalue weighted by Crippen LogP contribution is 2.40. The smallest absolute Gasteiger partial charge is 0.416 e. The van der Waals surface area contributed by atoms with Gasteiger partial charge >= 0.3 is 6.18 Å². The molecule has 3 atom stereocenters. The number of alkyl halides is 4. The minimum absolute atomic E-state index is 0.0496. The second kappa shape index (κ2) is 11.1. The topological polar surface area (TPSA) is 109 Å². The molecule has 5 rings (SSSR count). The third-order valence-electron chi connectivity index (χ3n) is 7.51. The van der Waals surface area contributed by atoms with Crippen molar-refractivity contribution >= 4 is 22.8 Å². The molecule has 2 fully saturated rings. The molecule has 2 aromatic heterocycles. The SMILES string of the molecule is CCC(=O)NC1CCC(NC(=O)c2c(C)[nH]c3c(-c4cc(C(F)(F)F)ccc4OCC4CC4)ncnc23)CC1F. The number of halogens is 4. The number of hydrogen-bond donors (Lipinski definition) is 3. The fourth-order valence-electron chi connectivity index (χ4n) is 5.09. The lowest BCUT2D eigenvalue weighted by Gasteiger charge is -2.32. The van der Waals surface area contributed by atoms with Crippen molar-refractivity contribution in [2.24, 2.45) is 5.92 Å². The molecule has 0 aliphatic heterocycles. The number of nitrogens with zero attached hydrogens (tertiary/aromatic N) is 2. The van der Waals surface area contributed by atoms with Crippen molar-refractivity contribution in [3.05, 3.63) is 41.3 Å². The Kier molecular flexibility index (Phi) is 7.70. The van der Waals surface area contributed by atoms with Crippen LogP contribution in [-0.2, 0) is 11.0 Å². The number of hydrogen-bond acceptors (Lipinski definition) is 5. The van der Waals surface area contributed by atoms with Crippen molar-refractivity contribution in [2.45, 2.75) is 76.8 Å². The van der Waals surface area contributed by atoms with Gasteiger partial charge in [-0.15, -0.1) is 0 Å². The zero-order valence-corrected chi connectivity index (χ0v) is 22.2. The van der Waals surface area contributed by atoms with E-state index in [0.717, 1.165) is 25.0 Å². The normalized spacial score (nSPS) is 21.3. The molecule has 2 aliphatic rings. The number of amides is 2. The first-order chi connectivity index (χ1) is 19.0. The number of fused-ring (bicyclic) bond motifs is 1. The van der Waals surface area contributed by atoms with Crippen LogP contribution in [-0.4, -0.2) is 51.6 Å². The summed E-state index contributed by atoms with van der Waals surface area (Å²) < 4.78 is 61.4. The van der Waals surface area contributed by atoms with Crippen molar-refractivity contribution in [1.29, 1.82) is 0 Å². The number of carbonyl (C=O) groups is 2. The van der Waals surface area contributed by atoms with Crippen LogP contribution in [0.15, 0.2) is 24.5 Å². The summed E-state index contributed by atoms with van der Waals surface area (Å²) in [6.07, 6.45) is -1.46. The van der Waals surface area contributed by atoms with Crippen LogP contribution in [0.1, 0.15) is 67.1 Å². The molecular formula is C28H31F4N5O3. The Labute approximate surface area is 228 Å². The Morgan fingerprint density at radius 1 is 1.12 bits per heavy atom. The summed E-state index contributed by atoms with van der Waals surface area (Å²) in [4.78, 5) is 36.6. The number of carbonyl (C=O) groups excluding carboxylic acids is 2. The molecule has 214 valence electrons. The standard InChI is InChI=1S/C28H31F4N5O3/c1-3-22(38)37-20-8-7-17(11-19(20)29)36-27(39)23-14(2)35-26-24(33-13-34-25(23)26)18-10-16(28(30,31)32)6-9-21(18)40-12-15-4-5-15/h6,9-10,13,15,17,19-20,35H,3-5,7-8,11-12H2,1-2H3,(H,36,39)(H,37,38). The van der Waals surface area contributed by atoms with E-state index in [1.807, 2.05) is 0 Å². The van der Waals surface area contributed by atoms with Crippen LogP contribution < -0.4 is 15.4 Å². The third-order valence-corrected chi connectivity index (χ3v) is 7.51. The summed E-state index contributed by atoms with van der Waals surface area (Å²) in [5.41, 5.74) is 0.677. The monoisotopic (exact) mass is 561 g/mol. The van der Waals surface area contributed by atoms with E-state index in [2.05, 4.69) is 25.6 Å². The molecular weight excluding hydrogens is 530 g/mol. The third kappa shape index (κ3) is 5.90. The van der Waals surface area contributed by atoms with Gasteiger partial charge in [-0.05, 0) is 56.7 Å². The maximum atomic E-state index is 14.7. The molecule has 2 aliphatic carbocycles.